The fraction of sp³-hybridized carbons (Fsp3) is 0.500. The average Bonchev–Trinajstić information content (AvgIpc) is 3.26. The van der Waals surface area contributed by atoms with E-state index in [1.807, 2.05) is 0 Å². The zero-order valence-electron chi connectivity index (χ0n) is 21.1. The number of aromatic nitrogens is 4. The second-order valence-electron chi connectivity index (χ2n) is 9.48. The molecule has 0 unspecified atom stereocenters. The monoisotopic (exact) mass is 430 g/mol. The van der Waals surface area contributed by atoms with E-state index < -0.39 is 0 Å². The summed E-state index contributed by atoms with van der Waals surface area (Å²) in [7, 11) is 0. The fourth-order valence-corrected chi connectivity index (χ4v) is 5.51. The summed E-state index contributed by atoms with van der Waals surface area (Å²) in [6.45, 7) is 17.7. The van der Waals surface area contributed by atoms with Gasteiger partial charge in [0.25, 0.3) is 0 Å². The maximum absolute atomic E-state index is 5.14. The minimum absolute atomic E-state index is 0.472. The van der Waals surface area contributed by atoms with Crippen LogP contribution in [-0.2, 0) is 6.42 Å². The minimum atomic E-state index is 0.472. The molecule has 0 aliphatic heterocycles. The van der Waals surface area contributed by atoms with Gasteiger partial charge in [0, 0.05) is 17.1 Å². The molecule has 0 saturated heterocycles. The van der Waals surface area contributed by atoms with Crippen LogP contribution in [0.1, 0.15) is 86.3 Å². The van der Waals surface area contributed by atoms with Gasteiger partial charge < -0.3 is 4.57 Å². The van der Waals surface area contributed by atoms with E-state index in [1.54, 1.807) is 0 Å². The van der Waals surface area contributed by atoms with E-state index in [2.05, 4.69) is 82.7 Å². The molecule has 3 heterocycles. The summed E-state index contributed by atoms with van der Waals surface area (Å²) in [6.07, 6.45) is 5.74. The van der Waals surface area contributed by atoms with Crippen LogP contribution in [-0.4, -0.2) is 19.2 Å². The summed E-state index contributed by atoms with van der Waals surface area (Å²) in [5.74, 6) is 0. The molecule has 0 saturated carbocycles. The highest BCUT2D eigenvalue weighted by molar-refractivity contribution is 5.90. The van der Waals surface area contributed by atoms with Crippen molar-refractivity contribution < 1.29 is 0 Å². The molecule has 0 radical (unpaired) electrons. The second-order valence-corrected chi connectivity index (χ2v) is 9.48. The summed E-state index contributed by atoms with van der Waals surface area (Å²) in [5, 5.41) is 6.34. The predicted octanol–water partition coefficient (Wildman–Crippen LogP) is 7.60. The smallest absolute Gasteiger partial charge is 0.165 e. The van der Waals surface area contributed by atoms with Crippen LogP contribution in [0.25, 0.3) is 27.8 Å². The van der Waals surface area contributed by atoms with Crippen molar-refractivity contribution in [2.45, 2.75) is 93.5 Å². The van der Waals surface area contributed by atoms with Crippen LogP contribution < -0.4 is 0 Å². The van der Waals surface area contributed by atoms with Gasteiger partial charge in [-0.05, 0) is 83.1 Å². The van der Waals surface area contributed by atoms with Crippen molar-refractivity contribution in [1.82, 2.24) is 19.2 Å². The Labute approximate surface area is 192 Å². The molecule has 0 N–H and O–H groups in total. The minimum Gasteiger partial charge on any atom is -0.326 e. The van der Waals surface area contributed by atoms with Crippen molar-refractivity contribution in [1.29, 1.82) is 0 Å². The van der Waals surface area contributed by atoms with Crippen molar-refractivity contribution in [2.24, 2.45) is 0 Å². The molecule has 170 valence electrons. The van der Waals surface area contributed by atoms with Crippen molar-refractivity contribution >= 4 is 16.7 Å². The van der Waals surface area contributed by atoms with Gasteiger partial charge in [-0.1, -0.05) is 44.9 Å². The van der Waals surface area contributed by atoms with Gasteiger partial charge >= 0.3 is 0 Å². The summed E-state index contributed by atoms with van der Waals surface area (Å²) in [4.78, 5) is 5.14. The Morgan fingerprint density at radius 3 is 2.09 bits per heavy atom. The van der Waals surface area contributed by atoms with E-state index >= 15 is 0 Å². The van der Waals surface area contributed by atoms with Crippen LogP contribution in [0, 0.1) is 34.6 Å². The highest BCUT2D eigenvalue weighted by Gasteiger charge is 2.24. The normalized spacial score (nSPS) is 12.0. The number of fused-ring (bicyclic) bond motifs is 3. The Kier molecular flexibility index (Phi) is 6.15. The fourth-order valence-electron chi connectivity index (χ4n) is 5.51. The summed E-state index contributed by atoms with van der Waals surface area (Å²) < 4.78 is 4.72. The number of unbranched alkanes of at least 4 members (excludes halogenated alkanes) is 1. The highest BCUT2D eigenvalue weighted by atomic mass is 15.3. The molecule has 0 fully saturated rings. The Morgan fingerprint density at radius 1 is 0.844 bits per heavy atom. The third kappa shape index (κ3) is 3.54. The van der Waals surface area contributed by atoms with Gasteiger partial charge in [0.05, 0.1) is 17.0 Å². The first-order valence-electron chi connectivity index (χ1n) is 12.3. The summed E-state index contributed by atoms with van der Waals surface area (Å²) in [6, 6.07) is 7.39. The SMILES string of the molecule is CCCCc1cc2c(C)nc3c(-c4c(C)cc(C)cc4C)c(C)nn3c2n1C(CC)CC. The number of hydrogen-bond donors (Lipinski definition) is 0. The van der Waals surface area contributed by atoms with E-state index in [-0.39, 0.29) is 0 Å². The van der Waals surface area contributed by atoms with Crippen molar-refractivity contribution in [3.8, 4) is 11.1 Å². The maximum Gasteiger partial charge on any atom is 0.165 e. The molecule has 4 nitrogen and oxygen atoms in total. The molecule has 32 heavy (non-hydrogen) atoms. The number of hydrogen-bond acceptors (Lipinski definition) is 2. The second kappa shape index (κ2) is 8.73. The molecule has 0 atom stereocenters. The standard InChI is InChI=1S/C28H38N4/c1-9-12-13-23-16-24-20(7)29-27-26(25-18(5)14-17(4)15-19(25)6)21(8)30-32(27)28(24)31(23)22(10-2)11-3/h14-16,22H,9-13H2,1-8H3. The third-order valence-electron chi connectivity index (χ3n) is 7.01. The van der Waals surface area contributed by atoms with Crippen LogP contribution >= 0.6 is 0 Å². The highest BCUT2D eigenvalue weighted by Crippen LogP contribution is 2.37. The third-order valence-corrected chi connectivity index (χ3v) is 7.01. The topological polar surface area (TPSA) is 35.1 Å². The quantitative estimate of drug-likeness (QED) is 0.302. The lowest BCUT2D eigenvalue weighted by Gasteiger charge is -2.20. The summed E-state index contributed by atoms with van der Waals surface area (Å²) in [5.41, 5.74) is 12.1. The lowest BCUT2D eigenvalue weighted by atomic mass is 9.94. The van der Waals surface area contributed by atoms with E-state index in [9.17, 15) is 0 Å². The number of aryl methyl sites for hydroxylation is 6. The molecule has 0 aliphatic rings. The van der Waals surface area contributed by atoms with Gasteiger partial charge in [-0.25, -0.2) is 4.98 Å². The maximum atomic E-state index is 5.14. The molecule has 0 spiro atoms. The first-order chi connectivity index (χ1) is 15.3. The van der Waals surface area contributed by atoms with E-state index in [4.69, 9.17) is 10.1 Å². The van der Waals surface area contributed by atoms with Crippen molar-refractivity contribution in [2.75, 3.05) is 0 Å². The molecule has 0 bridgehead atoms. The Balaban J connectivity index is 2.11. The zero-order valence-corrected chi connectivity index (χ0v) is 21.1. The number of rotatable bonds is 7. The Bertz CT molecular complexity index is 1260. The molecule has 4 heteroatoms. The first-order valence-corrected chi connectivity index (χ1v) is 12.3. The van der Waals surface area contributed by atoms with Gasteiger partial charge in [-0.3, -0.25) is 0 Å². The van der Waals surface area contributed by atoms with Crippen LogP contribution in [0.3, 0.4) is 0 Å². The van der Waals surface area contributed by atoms with Crippen LogP contribution in [0.2, 0.25) is 0 Å². The van der Waals surface area contributed by atoms with Crippen molar-refractivity contribution in [3.63, 3.8) is 0 Å². The summed E-state index contributed by atoms with van der Waals surface area (Å²) >= 11 is 0. The van der Waals surface area contributed by atoms with Crippen LogP contribution in [0.4, 0.5) is 0 Å². The predicted molar refractivity (Wildman–Crippen MR) is 136 cm³/mol. The largest absolute Gasteiger partial charge is 0.326 e. The van der Waals surface area contributed by atoms with Gasteiger partial charge in [0.2, 0.25) is 0 Å². The first kappa shape index (κ1) is 22.6. The Morgan fingerprint density at radius 2 is 1.50 bits per heavy atom. The van der Waals surface area contributed by atoms with Gasteiger partial charge in [0.1, 0.15) is 5.65 Å². The Hall–Kier alpha value is -2.62. The van der Waals surface area contributed by atoms with Gasteiger partial charge in [0.15, 0.2) is 5.65 Å². The average molecular weight is 431 g/mol. The number of benzene rings is 1. The van der Waals surface area contributed by atoms with Crippen molar-refractivity contribution in [3.05, 3.63) is 52.0 Å². The molecule has 4 rings (SSSR count). The zero-order chi connectivity index (χ0) is 23.2. The molecular weight excluding hydrogens is 392 g/mol. The van der Waals surface area contributed by atoms with E-state index in [1.165, 1.54) is 57.4 Å². The van der Waals surface area contributed by atoms with Crippen LogP contribution in [0.15, 0.2) is 18.2 Å². The molecule has 4 aromatic rings. The molecule has 0 aliphatic carbocycles. The molecule has 1 aromatic carbocycles. The molecule has 0 amide bonds. The van der Waals surface area contributed by atoms with E-state index in [0.29, 0.717) is 6.04 Å². The molecular formula is C28H38N4. The molecule has 3 aromatic heterocycles. The lowest BCUT2D eigenvalue weighted by molar-refractivity contribution is 0.464. The van der Waals surface area contributed by atoms with Crippen LogP contribution in [0.5, 0.6) is 0 Å². The van der Waals surface area contributed by atoms with Gasteiger partial charge in [-0.15, -0.1) is 0 Å². The lowest BCUT2D eigenvalue weighted by Crippen LogP contribution is -2.13. The number of nitrogens with zero attached hydrogens (tertiary/aromatic N) is 4. The van der Waals surface area contributed by atoms with Gasteiger partial charge in [-0.2, -0.15) is 9.61 Å². The van der Waals surface area contributed by atoms with E-state index in [0.717, 1.165) is 36.3 Å².